The molecule has 0 heterocycles. The highest BCUT2D eigenvalue weighted by atomic mass is 79.9. The summed E-state index contributed by atoms with van der Waals surface area (Å²) >= 11 is 3.28. The Morgan fingerprint density at radius 2 is 1.95 bits per heavy atom. The van der Waals surface area contributed by atoms with Crippen molar-refractivity contribution in [1.82, 2.24) is 0 Å². The normalized spacial score (nSPS) is 12.2. The van der Waals surface area contributed by atoms with Gasteiger partial charge in [0.2, 0.25) is 0 Å². The summed E-state index contributed by atoms with van der Waals surface area (Å²) in [5.41, 5.74) is 6.75. The van der Waals surface area contributed by atoms with E-state index >= 15 is 0 Å². The van der Waals surface area contributed by atoms with Crippen molar-refractivity contribution >= 4 is 15.9 Å². The van der Waals surface area contributed by atoms with Crippen LogP contribution in [0.4, 0.5) is 8.78 Å². The van der Waals surface area contributed by atoms with E-state index in [2.05, 4.69) is 15.9 Å². The molecule has 2 aromatic carbocycles. The molecule has 0 bridgehead atoms. The Balaban J connectivity index is 2.20. The lowest BCUT2D eigenvalue weighted by Gasteiger charge is -2.14. The van der Waals surface area contributed by atoms with E-state index in [1.165, 1.54) is 24.3 Å². The Hall–Kier alpha value is -1.46. The van der Waals surface area contributed by atoms with Gasteiger partial charge in [-0.25, -0.2) is 8.78 Å². The molecule has 0 saturated carbocycles. The lowest BCUT2D eigenvalue weighted by Crippen LogP contribution is -2.09. The average Bonchev–Trinajstić information content (AvgIpc) is 2.40. The molecule has 0 aliphatic carbocycles. The Morgan fingerprint density at radius 3 is 2.65 bits per heavy atom. The van der Waals surface area contributed by atoms with Gasteiger partial charge in [0.15, 0.2) is 0 Å². The van der Waals surface area contributed by atoms with E-state index in [4.69, 9.17) is 10.5 Å². The van der Waals surface area contributed by atoms with E-state index in [-0.39, 0.29) is 24.3 Å². The van der Waals surface area contributed by atoms with Crippen molar-refractivity contribution in [2.45, 2.75) is 19.6 Å². The highest BCUT2D eigenvalue weighted by Crippen LogP contribution is 2.26. The fourth-order valence-corrected chi connectivity index (χ4v) is 2.22. The molecule has 20 heavy (non-hydrogen) atoms. The first-order chi connectivity index (χ1) is 9.47. The van der Waals surface area contributed by atoms with Gasteiger partial charge in [0.05, 0.1) is 0 Å². The minimum atomic E-state index is -0.377. The quantitative estimate of drug-likeness (QED) is 0.898. The summed E-state index contributed by atoms with van der Waals surface area (Å²) in [4.78, 5) is 0. The van der Waals surface area contributed by atoms with Crippen LogP contribution in [0, 0.1) is 11.6 Å². The third-order valence-electron chi connectivity index (χ3n) is 2.85. The summed E-state index contributed by atoms with van der Waals surface area (Å²) in [6, 6.07) is 8.38. The summed E-state index contributed by atoms with van der Waals surface area (Å²) in [6.07, 6.45) is 0. The third kappa shape index (κ3) is 3.55. The predicted octanol–water partition coefficient (Wildman–Crippen LogP) is 4.33. The number of ether oxygens (including phenoxy) is 1. The SMILES string of the molecule is C[C@H](N)c1cc(F)ccc1OCc1cc(Br)ccc1F. The molecule has 0 aromatic heterocycles. The molecule has 1 atom stereocenters. The van der Waals surface area contributed by atoms with E-state index in [0.29, 0.717) is 16.9 Å². The molecule has 106 valence electrons. The van der Waals surface area contributed by atoms with Gasteiger partial charge in [0, 0.05) is 21.6 Å². The summed E-state index contributed by atoms with van der Waals surface area (Å²) in [5, 5.41) is 0. The lowest BCUT2D eigenvalue weighted by atomic mass is 10.1. The molecule has 2 rings (SSSR count). The standard InChI is InChI=1S/C15H14BrF2NO/c1-9(19)13-7-12(17)3-5-15(13)20-8-10-6-11(16)2-4-14(10)18/h2-7,9H,8,19H2,1H3/t9-/m0/s1. The number of benzene rings is 2. The van der Waals surface area contributed by atoms with Crippen LogP contribution in [0.2, 0.25) is 0 Å². The first-order valence-electron chi connectivity index (χ1n) is 6.09. The molecule has 2 nitrogen and oxygen atoms in total. The number of hydrogen-bond acceptors (Lipinski definition) is 2. The fraction of sp³-hybridized carbons (Fsp3) is 0.200. The highest BCUT2D eigenvalue weighted by molar-refractivity contribution is 9.10. The molecule has 0 fully saturated rings. The van der Waals surface area contributed by atoms with Gasteiger partial charge in [0.1, 0.15) is 24.0 Å². The topological polar surface area (TPSA) is 35.2 Å². The molecule has 2 N–H and O–H groups in total. The van der Waals surface area contributed by atoms with E-state index < -0.39 is 0 Å². The van der Waals surface area contributed by atoms with Gasteiger partial charge in [-0.1, -0.05) is 15.9 Å². The smallest absolute Gasteiger partial charge is 0.129 e. The second-order valence-corrected chi connectivity index (χ2v) is 5.41. The third-order valence-corrected chi connectivity index (χ3v) is 3.35. The fourth-order valence-electron chi connectivity index (χ4n) is 1.82. The molecular formula is C15H14BrF2NO. The minimum absolute atomic E-state index is 0.0522. The number of halogens is 3. The molecule has 0 spiro atoms. The van der Waals surface area contributed by atoms with Crippen LogP contribution in [0.15, 0.2) is 40.9 Å². The van der Waals surface area contributed by atoms with Crippen LogP contribution in [0.5, 0.6) is 5.75 Å². The van der Waals surface area contributed by atoms with E-state index in [1.807, 2.05) is 0 Å². The Kier molecular flexibility index (Phi) is 4.73. The van der Waals surface area contributed by atoms with Gasteiger partial charge in [-0.15, -0.1) is 0 Å². The number of rotatable bonds is 4. The maximum Gasteiger partial charge on any atom is 0.129 e. The maximum atomic E-state index is 13.6. The van der Waals surface area contributed by atoms with E-state index in [1.54, 1.807) is 19.1 Å². The van der Waals surface area contributed by atoms with Crippen molar-refractivity contribution in [2.24, 2.45) is 5.73 Å². The summed E-state index contributed by atoms with van der Waals surface area (Å²) < 4.78 is 33.2. The minimum Gasteiger partial charge on any atom is -0.488 e. The molecule has 5 heteroatoms. The largest absolute Gasteiger partial charge is 0.488 e. The van der Waals surface area contributed by atoms with Crippen LogP contribution in [0.3, 0.4) is 0 Å². The molecular weight excluding hydrogens is 328 g/mol. The van der Waals surface area contributed by atoms with E-state index in [9.17, 15) is 8.78 Å². The van der Waals surface area contributed by atoms with Gasteiger partial charge in [0.25, 0.3) is 0 Å². The van der Waals surface area contributed by atoms with Crippen LogP contribution in [-0.4, -0.2) is 0 Å². The van der Waals surface area contributed by atoms with Crippen LogP contribution in [0.1, 0.15) is 24.1 Å². The van der Waals surface area contributed by atoms with Crippen LogP contribution in [-0.2, 0) is 6.61 Å². The van der Waals surface area contributed by atoms with Gasteiger partial charge in [-0.05, 0) is 43.3 Å². The average molecular weight is 342 g/mol. The van der Waals surface area contributed by atoms with Crippen molar-refractivity contribution in [3.63, 3.8) is 0 Å². The zero-order valence-corrected chi connectivity index (χ0v) is 12.5. The Labute approximate surface area is 124 Å². The first kappa shape index (κ1) is 14.9. The summed E-state index contributed by atoms with van der Waals surface area (Å²) in [6.45, 7) is 1.79. The predicted molar refractivity (Wildman–Crippen MR) is 77.4 cm³/mol. The maximum absolute atomic E-state index is 13.6. The zero-order valence-electron chi connectivity index (χ0n) is 10.9. The van der Waals surface area contributed by atoms with Gasteiger partial charge >= 0.3 is 0 Å². The van der Waals surface area contributed by atoms with Crippen molar-refractivity contribution in [3.8, 4) is 5.75 Å². The van der Waals surface area contributed by atoms with Crippen LogP contribution < -0.4 is 10.5 Å². The van der Waals surface area contributed by atoms with E-state index in [0.717, 1.165) is 4.47 Å². The molecule has 2 aromatic rings. The zero-order chi connectivity index (χ0) is 14.7. The monoisotopic (exact) mass is 341 g/mol. The Bertz CT molecular complexity index is 617. The summed E-state index contributed by atoms with van der Waals surface area (Å²) in [5.74, 6) is -0.267. The highest BCUT2D eigenvalue weighted by Gasteiger charge is 2.11. The molecule has 0 aliphatic rings. The molecule has 0 radical (unpaired) electrons. The van der Waals surface area contributed by atoms with Crippen molar-refractivity contribution in [2.75, 3.05) is 0 Å². The lowest BCUT2D eigenvalue weighted by molar-refractivity contribution is 0.294. The molecule has 0 amide bonds. The summed E-state index contributed by atoms with van der Waals surface area (Å²) in [7, 11) is 0. The molecule has 0 aliphatic heterocycles. The van der Waals surface area contributed by atoms with Crippen molar-refractivity contribution < 1.29 is 13.5 Å². The van der Waals surface area contributed by atoms with Crippen LogP contribution >= 0.6 is 15.9 Å². The Morgan fingerprint density at radius 1 is 1.20 bits per heavy atom. The number of hydrogen-bond donors (Lipinski definition) is 1. The first-order valence-corrected chi connectivity index (χ1v) is 6.88. The molecule has 0 unspecified atom stereocenters. The van der Waals surface area contributed by atoms with Gasteiger partial charge < -0.3 is 10.5 Å². The second kappa shape index (κ2) is 6.33. The van der Waals surface area contributed by atoms with Crippen molar-refractivity contribution in [1.29, 1.82) is 0 Å². The molecule has 0 saturated heterocycles. The second-order valence-electron chi connectivity index (χ2n) is 4.50. The van der Waals surface area contributed by atoms with Gasteiger partial charge in [-0.3, -0.25) is 0 Å². The number of nitrogens with two attached hydrogens (primary N) is 1. The van der Waals surface area contributed by atoms with Crippen LogP contribution in [0.25, 0.3) is 0 Å². The van der Waals surface area contributed by atoms with Crippen molar-refractivity contribution in [3.05, 3.63) is 63.6 Å². The van der Waals surface area contributed by atoms with Gasteiger partial charge in [-0.2, -0.15) is 0 Å².